The number of aromatic amines is 1. The lowest BCUT2D eigenvalue weighted by Gasteiger charge is -2.01. The summed E-state index contributed by atoms with van der Waals surface area (Å²) in [5.74, 6) is -2.39. The van der Waals surface area contributed by atoms with Crippen LogP contribution in [-0.2, 0) is 0 Å². The van der Waals surface area contributed by atoms with E-state index in [2.05, 4.69) is 4.98 Å². The van der Waals surface area contributed by atoms with E-state index in [1.807, 2.05) is 0 Å². The van der Waals surface area contributed by atoms with E-state index in [9.17, 15) is 24.1 Å². The van der Waals surface area contributed by atoms with Gasteiger partial charge in [0, 0.05) is 5.39 Å². The fourth-order valence-corrected chi connectivity index (χ4v) is 1.57. The van der Waals surface area contributed by atoms with Gasteiger partial charge in [0.2, 0.25) is 0 Å². The summed E-state index contributed by atoms with van der Waals surface area (Å²) in [6, 6.07) is 2.45. The lowest BCUT2D eigenvalue weighted by atomic mass is 10.1. The number of nitrogens with zero attached hydrogens (tertiary/aromatic N) is 1. The molecule has 0 aliphatic rings. The van der Waals surface area contributed by atoms with Gasteiger partial charge in [0.05, 0.1) is 11.0 Å². The van der Waals surface area contributed by atoms with E-state index in [1.165, 1.54) is 0 Å². The molecule has 1 heterocycles. The van der Waals surface area contributed by atoms with Crippen molar-refractivity contribution in [2.24, 2.45) is 0 Å². The number of H-pyrrole nitrogens is 1. The lowest BCUT2D eigenvalue weighted by molar-refractivity contribution is -0.383. The molecule has 1 aromatic heterocycles. The molecule has 2 aromatic rings. The average molecular weight is 252 g/mol. The van der Waals surface area contributed by atoms with Crippen LogP contribution in [-0.4, -0.2) is 21.0 Å². The molecule has 8 heteroatoms. The number of hydrogen-bond donors (Lipinski definition) is 2. The van der Waals surface area contributed by atoms with Gasteiger partial charge in [-0.25, -0.2) is 9.18 Å². The number of carboxylic acids is 1. The zero-order chi connectivity index (χ0) is 13.4. The van der Waals surface area contributed by atoms with Gasteiger partial charge in [-0.2, -0.15) is 0 Å². The van der Waals surface area contributed by atoms with Gasteiger partial charge in [-0.05, 0) is 12.1 Å². The predicted molar refractivity (Wildman–Crippen MR) is 58.1 cm³/mol. The first-order chi connectivity index (χ1) is 8.40. The smallest absolute Gasteiger partial charge is 0.341 e. The third kappa shape index (κ3) is 1.79. The molecule has 0 amide bonds. The number of benzene rings is 1. The molecule has 2 rings (SSSR count). The second-order valence-corrected chi connectivity index (χ2v) is 3.46. The minimum Gasteiger partial charge on any atom is -0.477 e. The van der Waals surface area contributed by atoms with Crippen LogP contribution in [0.3, 0.4) is 0 Å². The number of aromatic nitrogens is 1. The molecular formula is C10H5FN2O5. The van der Waals surface area contributed by atoms with E-state index in [0.29, 0.717) is 6.07 Å². The summed E-state index contributed by atoms with van der Waals surface area (Å²) in [6.07, 6.45) is 0. The number of non-ortho nitro benzene ring substituents is 1. The van der Waals surface area contributed by atoms with Crippen LogP contribution in [0.1, 0.15) is 10.4 Å². The maximum Gasteiger partial charge on any atom is 0.341 e. The van der Waals surface area contributed by atoms with E-state index < -0.39 is 33.5 Å². The monoisotopic (exact) mass is 252 g/mol. The van der Waals surface area contributed by atoms with Crippen LogP contribution in [0.25, 0.3) is 10.9 Å². The largest absolute Gasteiger partial charge is 0.477 e. The number of nitro benzene ring substituents is 1. The van der Waals surface area contributed by atoms with Crippen LogP contribution < -0.4 is 5.56 Å². The molecule has 0 aliphatic heterocycles. The zero-order valence-electron chi connectivity index (χ0n) is 8.64. The SMILES string of the molecule is O=C(O)c1cc2cc(F)cc([N+](=O)[O-])c2[nH]c1=O. The van der Waals surface area contributed by atoms with Crippen LogP contribution in [0.4, 0.5) is 10.1 Å². The van der Waals surface area contributed by atoms with Gasteiger partial charge >= 0.3 is 5.97 Å². The Hall–Kier alpha value is -2.77. The van der Waals surface area contributed by atoms with Crippen molar-refractivity contribution >= 4 is 22.6 Å². The number of carbonyl (C=O) groups is 1. The Bertz CT molecular complexity index is 737. The first-order valence-corrected chi connectivity index (χ1v) is 4.64. The maximum absolute atomic E-state index is 13.1. The molecule has 0 saturated heterocycles. The maximum atomic E-state index is 13.1. The normalized spacial score (nSPS) is 10.5. The minimum absolute atomic E-state index is 0.0568. The van der Waals surface area contributed by atoms with Gasteiger partial charge in [-0.1, -0.05) is 0 Å². The molecule has 0 spiro atoms. The van der Waals surface area contributed by atoms with Gasteiger partial charge in [-0.15, -0.1) is 0 Å². The van der Waals surface area contributed by atoms with E-state index in [0.717, 1.165) is 12.1 Å². The van der Waals surface area contributed by atoms with E-state index >= 15 is 0 Å². The highest BCUT2D eigenvalue weighted by Gasteiger charge is 2.18. The molecule has 0 atom stereocenters. The Morgan fingerprint density at radius 2 is 2.06 bits per heavy atom. The van der Waals surface area contributed by atoms with Crippen LogP contribution in [0.5, 0.6) is 0 Å². The minimum atomic E-state index is -1.50. The molecule has 0 bridgehead atoms. The second kappa shape index (κ2) is 3.91. The molecule has 0 aliphatic carbocycles. The van der Waals surface area contributed by atoms with Crippen molar-refractivity contribution in [3.05, 3.63) is 50.0 Å². The number of aromatic carboxylic acids is 1. The summed E-state index contributed by atoms with van der Waals surface area (Å²) in [5.41, 5.74) is -2.43. The number of fused-ring (bicyclic) bond motifs is 1. The number of nitro groups is 1. The summed E-state index contributed by atoms with van der Waals surface area (Å²) >= 11 is 0. The molecular weight excluding hydrogens is 247 g/mol. The average Bonchev–Trinajstić information content (AvgIpc) is 2.27. The van der Waals surface area contributed by atoms with Crippen molar-refractivity contribution in [2.75, 3.05) is 0 Å². The van der Waals surface area contributed by atoms with Gasteiger partial charge in [0.15, 0.2) is 0 Å². The first-order valence-electron chi connectivity index (χ1n) is 4.64. The van der Waals surface area contributed by atoms with Crippen LogP contribution >= 0.6 is 0 Å². The Morgan fingerprint density at radius 1 is 1.39 bits per heavy atom. The number of pyridine rings is 1. The van der Waals surface area contributed by atoms with Crippen LogP contribution in [0.15, 0.2) is 23.0 Å². The van der Waals surface area contributed by atoms with E-state index in [-0.39, 0.29) is 10.9 Å². The summed E-state index contributed by atoms with van der Waals surface area (Å²) in [6.45, 7) is 0. The van der Waals surface area contributed by atoms with Crippen molar-refractivity contribution in [3.63, 3.8) is 0 Å². The Kier molecular flexibility index (Phi) is 2.55. The van der Waals surface area contributed by atoms with Crippen molar-refractivity contribution in [2.45, 2.75) is 0 Å². The Morgan fingerprint density at radius 3 is 2.61 bits per heavy atom. The zero-order valence-corrected chi connectivity index (χ0v) is 8.64. The summed E-state index contributed by atoms with van der Waals surface area (Å²) in [5, 5.41) is 19.4. The molecule has 1 aromatic carbocycles. The predicted octanol–water partition coefficient (Wildman–Crippen LogP) is 1.27. The van der Waals surface area contributed by atoms with E-state index in [1.54, 1.807) is 0 Å². The van der Waals surface area contributed by atoms with Gasteiger partial charge < -0.3 is 10.1 Å². The van der Waals surface area contributed by atoms with Crippen molar-refractivity contribution in [1.29, 1.82) is 0 Å². The summed E-state index contributed by atoms with van der Waals surface area (Å²) in [4.78, 5) is 34.0. The fourth-order valence-electron chi connectivity index (χ4n) is 1.57. The third-order valence-corrected chi connectivity index (χ3v) is 2.32. The number of rotatable bonds is 2. The molecule has 0 fully saturated rings. The third-order valence-electron chi connectivity index (χ3n) is 2.32. The van der Waals surface area contributed by atoms with Gasteiger partial charge in [-0.3, -0.25) is 14.9 Å². The molecule has 0 saturated carbocycles. The fraction of sp³-hybridized carbons (Fsp3) is 0. The topological polar surface area (TPSA) is 113 Å². The van der Waals surface area contributed by atoms with Gasteiger partial charge in [0.1, 0.15) is 16.9 Å². The molecule has 0 unspecified atom stereocenters. The molecule has 0 radical (unpaired) electrons. The number of halogens is 1. The van der Waals surface area contributed by atoms with Gasteiger partial charge in [0.25, 0.3) is 11.2 Å². The van der Waals surface area contributed by atoms with Crippen molar-refractivity contribution in [1.82, 2.24) is 4.98 Å². The van der Waals surface area contributed by atoms with E-state index in [4.69, 9.17) is 5.11 Å². The number of hydrogen-bond acceptors (Lipinski definition) is 4. The summed E-state index contributed by atoms with van der Waals surface area (Å²) < 4.78 is 13.1. The summed E-state index contributed by atoms with van der Waals surface area (Å²) in [7, 11) is 0. The second-order valence-electron chi connectivity index (χ2n) is 3.46. The lowest BCUT2D eigenvalue weighted by Crippen LogP contribution is -2.17. The molecule has 2 N–H and O–H groups in total. The van der Waals surface area contributed by atoms with Crippen molar-refractivity contribution < 1.29 is 19.2 Å². The highest BCUT2D eigenvalue weighted by atomic mass is 19.1. The first kappa shape index (κ1) is 11.7. The quantitative estimate of drug-likeness (QED) is 0.617. The number of carboxylic acid groups (broad SMARTS) is 1. The molecule has 18 heavy (non-hydrogen) atoms. The molecule has 92 valence electrons. The number of nitrogens with one attached hydrogen (secondary N) is 1. The van der Waals surface area contributed by atoms with Crippen LogP contribution in [0, 0.1) is 15.9 Å². The highest BCUT2D eigenvalue weighted by Crippen LogP contribution is 2.24. The standard InChI is InChI=1S/C10H5FN2O5/c11-5-1-4-2-6(10(15)16)9(14)12-8(4)7(3-5)13(17)18/h1-3H,(H,12,14)(H,15,16). The molecule has 7 nitrogen and oxygen atoms in total. The Labute approximate surface area is 97.6 Å². The highest BCUT2D eigenvalue weighted by molar-refractivity contribution is 5.94. The Balaban J connectivity index is 2.92. The van der Waals surface area contributed by atoms with Crippen molar-refractivity contribution in [3.8, 4) is 0 Å². The van der Waals surface area contributed by atoms with Crippen LogP contribution in [0.2, 0.25) is 0 Å².